The van der Waals surface area contributed by atoms with Gasteiger partial charge >= 0.3 is 0 Å². The van der Waals surface area contributed by atoms with Gasteiger partial charge in [-0.15, -0.1) is 0 Å². The van der Waals surface area contributed by atoms with Crippen molar-refractivity contribution < 1.29 is 4.74 Å². The molecule has 0 N–H and O–H groups in total. The fraction of sp³-hybridized carbons (Fsp3) is 0.0476. The fourth-order valence-corrected chi connectivity index (χ4v) is 7.23. The molecule has 4 heterocycles. The molecule has 5 aromatic carbocycles. The Morgan fingerprint density at radius 2 is 1.23 bits per heavy atom. The molecule has 0 saturated heterocycles. The zero-order valence-electron chi connectivity index (χ0n) is 25.7. The first-order valence-corrected chi connectivity index (χ1v) is 16.1. The molecule has 0 amide bonds. The predicted molar refractivity (Wildman–Crippen MR) is 191 cm³/mol. The average Bonchev–Trinajstić information content (AvgIpc) is 3.69. The van der Waals surface area contributed by atoms with Crippen LogP contribution in [0.25, 0.3) is 72.4 Å². The minimum absolute atomic E-state index is 0.0206. The van der Waals surface area contributed by atoms with Gasteiger partial charge in [0.2, 0.25) is 0 Å². The minimum Gasteiger partial charge on any atom is -0.483 e. The molecule has 6 nitrogen and oxygen atoms in total. The molecular weight excluding hydrogens is 590 g/mol. The van der Waals surface area contributed by atoms with Crippen molar-refractivity contribution >= 4 is 38.3 Å². The van der Waals surface area contributed by atoms with Crippen molar-refractivity contribution in [2.45, 2.75) is 12.0 Å². The van der Waals surface area contributed by atoms with E-state index in [2.05, 4.69) is 88.4 Å². The van der Waals surface area contributed by atoms with Gasteiger partial charge in [-0.05, 0) is 41.1 Å². The second-order valence-electron chi connectivity index (χ2n) is 12.3. The van der Waals surface area contributed by atoms with Crippen molar-refractivity contribution in [1.29, 1.82) is 0 Å². The number of nitrogens with zero attached hydrogens (tertiary/aromatic N) is 5. The van der Waals surface area contributed by atoms with Gasteiger partial charge in [0, 0.05) is 50.8 Å². The summed E-state index contributed by atoms with van der Waals surface area (Å²) in [6, 6.07) is 41.8. The van der Waals surface area contributed by atoms with Gasteiger partial charge in [-0.3, -0.25) is 4.98 Å². The summed E-state index contributed by atoms with van der Waals surface area (Å²) in [5.41, 5.74) is 7.17. The highest BCUT2D eigenvalue weighted by atomic mass is 16.5. The van der Waals surface area contributed by atoms with E-state index in [1.165, 1.54) is 32.6 Å². The number of allylic oxidation sites excluding steroid dienone is 2. The molecule has 2 unspecified atom stereocenters. The number of benzene rings is 5. The molecule has 2 atom stereocenters. The van der Waals surface area contributed by atoms with Crippen LogP contribution in [0.3, 0.4) is 0 Å². The molecule has 8 aromatic rings. The lowest BCUT2D eigenvalue weighted by Crippen LogP contribution is -2.19. The van der Waals surface area contributed by atoms with Crippen LogP contribution in [0.2, 0.25) is 0 Å². The number of hydrogen-bond donors (Lipinski definition) is 0. The second kappa shape index (κ2) is 10.6. The van der Waals surface area contributed by atoms with Gasteiger partial charge in [0.15, 0.2) is 17.5 Å². The Bertz CT molecular complexity index is 2550. The quantitative estimate of drug-likeness (QED) is 0.197. The van der Waals surface area contributed by atoms with Gasteiger partial charge in [-0.2, -0.15) is 0 Å². The number of aromatic nitrogens is 5. The Morgan fingerprint density at radius 1 is 0.583 bits per heavy atom. The topological polar surface area (TPSA) is 65.7 Å². The van der Waals surface area contributed by atoms with Crippen molar-refractivity contribution in [2.75, 3.05) is 0 Å². The smallest absolute Gasteiger partial charge is 0.166 e. The highest BCUT2D eigenvalue weighted by Crippen LogP contribution is 2.47. The monoisotopic (exact) mass is 617 g/mol. The molecule has 1 aliphatic heterocycles. The molecule has 0 spiro atoms. The van der Waals surface area contributed by atoms with E-state index in [0.29, 0.717) is 17.5 Å². The molecule has 1 aliphatic carbocycles. The highest BCUT2D eigenvalue weighted by Gasteiger charge is 2.37. The summed E-state index contributed by atoms with van der Waals surface area (Å²) in [4.78, 5) is 19.5. The molecule has 10 rings (SSSR count). The third-order valence-corrected chi connectivity index (χ3v) is 9.45. The van der Waals surface area contributed by atoms with Crippen molar-refractivity contribution in [3.8, 4) is 39.9 Å². The maximum absolute atomic E-state index is 6.65. The molecule has 48 heavy (non-hydrogen) atoms. The Balaban J connectivity index is 1.10. The third kappa shape index (κ3) is 4.19. The van der Waals surface area contributed by atoms with Gasteiger partial charge in [-0.25, -0.2) is 15.0 Å². The highest BCUT2D eigenvalue weighted by molar-refractivity contribution is 6.14. The van der Waals surface area contributed by atoms with Crippen LogP contribution < -0.4 is 4.74 Å². The van der Waals surface area contributed by atoms with Gasteiger partial charge in [0.1, 0.15) is 11.9 Å². The van der Waals surface area contributed by atoms with Gasteiger partial charge in [0.25, 0.3) is 0 Å². The summed E-state index contributed by atoms with van der Waals surface area (Å²) >= 11 is 0. The molecule has 3 aromatic heterocycles. The Morgan fingerprint density at radius 3 is 1.98 bits per heavy atom. The fourth-order valence-electron chi connectivity index (χ4n) is 7.23. The van der Waals surface area contributed by atoms with Gasteiger partial charge in [-0.1, -0.05) is 109 Å². The Hall–Kier alpha value is -6.40. The summed E-state index contributed by atoms with van der Waals surface area (Å²) in [6.45, 7) is 0. The van der Waals surface area contributed by atoms with Crippen LogP contribution in [0.15, 0.2) is 152 Å². The first-order chi connectivity index (χ1) is 23.8. The SMILES string of the molecule is C1=CC2c3c(cncc3-c3nc(-c4ccccc4)nc(-c4ccccc4)n3)OC2C=C1n1c2ccccc2c2cc3ccccc3cc21. The normalized spacial score (nSPS) is 16.5. The largest absolute Gasteiger partial charge is 0.483 e. The number of rotatable bonds is 4. The summed E-state index contributed by atoms with van der Waals surface area (Å²) in [6.07, 6.45) is 10.2. The van der Waals surface area contributed by atoms with Crippen molar-refractivity contribution in [1.82, 2.24) is 24.5 Å². The molecule has 0 bridgehead atoms. The molecule has 0 saturated carbocycles. The summed E-state index contributed by atoms with van der Waals surface area (Å²) in [5, 5.41) is 4.92. The molecule has 226 valence electrons. The zero-order valence-corrected chi connectivity index (χ0v) is 25.7. The zero-order chi connectivity index (χ0) is 31.6. The maximum atomic E-state index is 6.65. The number of pyridine rings is 1. The molecule has 0 radical (unpaired) electrons. The van der Waals surface area contributed by atoms with Crippen LogP contribution >= 0.6 is 0 Å². The van der Waals surface area contributed by atoms with Crippen molar-refractivity contribution in [3.63, 3.8) is 0 Å². The molecular formula is C42H27N5O. The van der Waals surface area contributed by atoms with Crippen LogP contribution in [-0.4, -0.2) is 30.6 Å². The lowest BCUT2D eigenvalue weighted by Gasteiger charge is -2.21. The summed E-state index contributed by atoms with van der Waals surface area (Å²) in [7, 11) is 0. The van der Waals surface area contributed by atoms with E-state index in [-0.39, 0.29) is 12.0 Å². The number of ether oxygens (including phenoxy) is 1. The minimum atomic E-state index is -0.205. The molecule has 6 heteroatoms. The van der Waals surface area contributed by atoms with Crippen molar-refractivity contribution in [2.24, 2.45) is 0 Å². The van der Waals surface area contributed by atoms with E-state index in [1.807, 2.05) is 73.1 Å². The van der Waals surface area contributed by atoms with E-state index in [0.717, 1.165) is 33.7 Å². The first kappa shape index (κ1) is 26.8. The van der Waals surface area contributed by atoms with E-state index in [1.54, 1.807) is 0 Å². The summed E-state index contributed by atoms with van der Waals surface area (Å²) in [5.74, 6) is 2.54. The summed E-state index contributed by atoms with van der Waals surface area (Å²) < 4.78 is 9.01. The first-order valence-electron chi connectivity index (χ1n) is 16.1. The van der Waals surface area contributed by atoms with Gasteiger partial charge in [0.05, 0.1) is 17.2 Å². The predicted octanol–water partition coefficient (Wildman–Crippen LogP) is 9.48. The van der Waals surface area contributed by atoms with Crippen molar-refractivity contribution in [3.05, 3.63) is 158 Å². The number of hydrogen-bond acceptors (Lipinski definition) is 5. The molecule has 2 aliphatic rings. The average molecular weight is 618 g/mol. The third-order valence-electron chi connectivity index (χ3n) is 9.45. The number of fused-ring (bicyclic) bond motifs is 7. The number of para-hydroxylation sites is 1. The van der Waals surface area contributed by atoms with Crippen LogP contribution in [0.4, 0.5) is 0 Å². The van der Waals surface area contributed by atoms with E-state index in [9.17, 15) is 0 Å². The van der Waals surface area contributed by atoms with Crippen LogP contribution in [0, 0.1) is 0 Å². The Kier molecular flexibility index (Phi) is 5.90. The maximum Gasteiger partial charge on any atom is 0.166 e. The Labute approximate surface area is 276 Å². The van der Waals surface area contributed by atoms with E-state index >= 15 is 0 Å². The molecule has 0 fully saturated rings. The van der Waals surface area contributed by atoms with Crippen LogP contribution in [0.1, 0.15) is 11.5 Å². The van der Waals surface area contributed by atoms with E-state index in [4.69, 9.17) is 19.7 Å². The van der Waals surface area contributed by atoms with Crippen LogP contribution in [-0.2, 0) is 0 Å². The van der Waals surface area contributed by atoms with Crippen LogP contribution in [0.5, 0.6) is 5.75 Å². The lowest BCUT2D eigenvalue weighted by molar-refractivity contribution is 0.268. The lowest BCUT2D eigenvalue weighted by atomic mass is 9.88. The van der Waals surface area contributed by atoms with Gasteiger partial charge < -0.3 is 9.30 Å². The second-order valence-corrected chi connectivity index (χ2v) is 12.3. The van der Waals surface area contributed by atoms with E-state index < -0.39 is 0 Å². The standard InChI is InChI=1S/C42H27N5O/c1-3-11-26(12-4-1)40-44-41(27-13-5-2-6-14-27)46-42(45-40)34-24-43-25-38-39(34)32-20-19-30(23-37(32)48-38)47-35-18-10-9-17-31(35)33-21-28-15-7-8-16-29(28)22-36(33)47/h1-25,32,37H.